The van der Waals surface area contributed by atoms with Crippen LogP contribution in [0, 0.1) is 35.5 Å². The Kier molecular flexibility index (Phi) is 47.2. The van der Waals surface area contributed by atoms with E-state index in [1.54, 1.807) is 0 Å². The van der Waals surface area contributed by atoms with E-state index in [1.807, 2.05) is 0 Å². The van der Waals surface area contributed by atoms with Crippen LogP contribution >= 0.6 is 23.5 Å². The quantitative estimate of drug-likeness (QED) is 0.0544. The third-order valence-corrected chi connectivity index (χ3v) is 12.8. The molecule has 0 saturated carbocycles. The van der Waals surface area contributed by atoms with Crippen molar-refractivity contribution in [2.75, 3.05) is 39.6 Å². The summed E-state index contributed by atoms with van der Waals surface area (Å²) in [6.45, 7) is 26.7. The monoisotopic (exact) mass is 932 g/mol. The van der Waals surface area contributed by atoms with Gasteiger partial charge in [-0.15, -0.1) is 0 Å². The second-order valence-corrected chi connectivity index (χ2v) is 20.7. The van der Waals surface area contributed by atoms with Crippen molar-refractivity contribution in [3.05, 3.63) is 0 Å². The fourth-order valence-corrected chi connectivity index (χ4v) is 8.33. The summed E-state index contributed by atoms with van der Waals surface area (Å²) in [4.78, 5) is 34.5. The maximum atomic E-state index is 11.5. The Balaban J connectivity index is -0.000000374. The molecular weight excluding hydrogens is 841 g/mol. The predicted molar refractivity (Wildman–Crippen MR) is 231 cm³/mol. The van der Waals surface area contributed by atoms with Gasteiger partial charge in [0.1, 0.15) is 0 Å². The number of phosphoric acid groups is 3. The summed E-state index contributed by atoms with van der Waals surface area (Å²) in [6.07, 6.45) is 17.8. The molecule has 0 aliphatic heterocycles. The van der Waals surface area contributed by atoms with Gasteiger partial charge < -0.3 is 41.8 Å². The number of hydrogen-bond acceptors (Lipinski definition) is 12. The molecule has 12 nitrogen and oxygen atoms in total. The molecule has 0 aliphatic rings. The average Bonchev–Trinajstić information content (AvgIpc) is 3.09. The summed E-state index contributed by atoms with van der Waals surface area (Å²) in [5.41, 5.74) is 0. The molecule has 6 atom stereocenters. The summed E-state index contributed by atoms with van der Waals surface area (Å²) in [5, 5.41) is 0. The summed E-state index contributed by atoms with van der Waals surface area (Å²) in [6, 6.07) is 0. The maximum absolute atomic E-state index is 11.5. The van der Waals surface area contributed by atoms with Crippen molar-refractivity contribution in [2.45, 2.75) is 199 Å². The zero-order chi connectivity index (χ0) is 44.2. The van der Waals surface area contributed by atoms with E-state index in [1.165, 1.54) is 0 Å². The van der Waals surface area contributed by atoms with E-state index in [0.29, 0.717) is 35.5 Å². The van der Waals surface area contributed by atoms with Crippen LogP contribution in [-0.4, -0.2) is 39.6 Å². The topological polar surface area (TPSA) is 176 Å². The second kappa shape index (κ2) is 41.8. The molecule has 16 heteroatoms. The van der Waals surface area contributed by atoms with Gasteiger partial charge in [0.05, 0.1) is 39.6 Å². The Morgan fingerprint density at radius 3 is 0.534 bits per heavy atom. The third-order valence-electron chi connectivity index (χ3n) is 9.85. The van der Waals surface area contributed by atoms with Crippen LogP contribution in [0.3, 0.4) is 0 Å². The standard InChI is InChI=1S/3C14H31O4P.Cr/c3*1-5-7-13(3)9-11-17-19(15,16)18-12-10-14(4)8-6-2;/h3*13-14H,5-12H2,1-4H3,(H,15,16);/q;;;+3/p-3. The molecule has 0 rings (SSSR count). The minimum atomic E-state index is -4.09. The van der Waals surface area contributed by atoms with E-state index in [0.717, 1.165) is 116 Å². The molecule has 0 amide bonds. The minimum Gasteiger partial charge on any atom is -0.756 e. The first-order valence-corrected chi connectivity index (χ1v) is 26.9. The Bertz CT molecular complexity index is 838. The average molecular weight is 932 g/mol. The third kappa shape index (κ3) is 47.9. The summed E-state index contributed by atoms with van der Waals surface area (Å²) >= 11 is 0. The van der Waals surface area contributed by atoms with Crippen LogP contribution in [0.25, 0.3) is 0 Å². The first-order chi connectivity index (χ1) is 26.7. The predicted octanol–water partition coefficient (Wildman–Crippen LogP) is 12.4. The van der Waals surface area contributed by atoms with Crippen LogP contribution in [-0.2, 0) is 58.2 Å². The summed E-state index contributed by atoms with van der Waals surface area (Å²) in [7, 11) is -12.3. The van der Waals surface area contributed by atoms with Crippen LogP contribution in [0.2, 0.25) is 0 Å². The van der Waals surface area contributed by atoms with Gasteiger partial charge in [0.2, 0.25) is 0 Å². The van der Waals surface area contributed by atoms with Crippen LogP contribution in [0.4, 0.5) is 0 Å². The largest absolute Gasteiger partial charge is 3.00 e. The minimum absolute atomic E-state index is 0. The SMILES string of the molecule is CCCC(C)CCOP(=O)([O-])OCCC(C)CCC.CCCC(C)CCOP(=O)([O-])OCCC(C)CCC.CCCC(C)CCOP(=O)([O-])OCCC(C)CCC.[Cr+3]. The van der Waals surface area contributed by atoms with Gasteiger partial charge in [0.25, 0.3) is 23.5 Å². The van der Waals surface area contributed by atoms with Crippen molar-refractivity contribution < 1.29 is 72.9 Å². The summed E-state index contributed by atoms with van der Waals surface area (Å²) in [5.74, 6) is 2.97. The van der Waals surface area contributed by atoms with Crippen molar-refractivity contribution in [1.29, 1.82) is 0 Å². The van der Waals surface area contributed by atoms with Crippen molar-refractivity contribution in [2.24, 2.45) is 35.5 Å². The molecule has 1 radical (unpaired) electrons. The molecule has 58 heavy (non-hydrogen) atoms. The summed E-state index contributed by atoms with van der Waals surface area (Å²) < 4.78 is 63.7. The van der Waals surface area contributed by atoms with Gasteiger partial charge in [0, 0.05) is 0 Å². The number of phosphoric ester groups is 3. The number of hydrogen-bond donors (Lipinski definition) is 0. The smallest absolute Gasteiger partial charge is 0.756 e. The Morgan fingerprint density at radius 2 is 0.431 bits per heavy atom. The molecule has 0 aromatic rings. The van der Waals surface area contributed by atoms with Gasteiger partial charge in [-0.1, -0.05) is 160 Å². The molecule has 0 N–H and O–H groups in total. The molecule has 0 fully saturated rings. The molecule has 351 valence electrons. The van der Waals surface area contributed by atoms with E-state index in [-0.39, 0.29) is 57.0 Å². The molecule has 0 saturated heterocycles. The van der Waals surface area contributed by atoms with Crippen LogP contribution < -0.4 is 14.7 Å². The van der Waals surface area contributed by atoms with Gasteiger partial charge in [-0.05, 0) is 74.0 Å². The molecule has 0 aliphatic carbocycles. The second-order valence-electron chi connectivity index (χ2n) is 16.4. The molecule has 0 aromatic heterocycles. The van der Waals surface area contributed by atoms with Crippen molar-refractivity contribution in [3.63, 3.8) is 0 Å². The fraction of sp³-hybridized carbons (Fsp3) is 1.00. The Hall–Kier alpha value is 0.862. The first-order valence-electron chi connectivity index (χ1n) is 22.5. The van der Waals surface area contributed by atoms with Gasteiger partial charge >= 0.3 is 17.4 Å². The Morgan fingerprint density at radius 1 is 0.310 bits per heavy atom. The fourth-order valence-electron chi connectivity index (χ4n) is 6.13. The normalized spacial score (nSPS) is 17.6. The van der Waals surface area contributed by atoms with E-state index in [2.05, 4.69) is 83.1 Å². The van der Waals surface area contributed by atoms with Gasteiger partial charge in [-0.25, -0.2) is 0 Å². The van der Waals surface area contributed by atoms with E-state index in [9.17, 15) is 28.4 Å². The van der Waals surface area contributed by atoms with E-state index >= 15 is 0 Å². The molecule has 0 spiro atoms. The van der Waals surface area contributed by atoms with E-state index < -0.39 is 23.5 Å². The maximum Gasteiger partial charge on any atom is 3.00 e. The zero-order valence-corrected chi connectivity index (χ0v) is 43.0. The van der Waals surface area contributed by atoms with Crippen molar-refractivity contribution >= 4 is 23.5 Å². The van der Waals surface area contributed by atoms with Gasteiger partial charge in [-0.2, -0.15) is 0 Å². The van der Waals surface area contributed by atoms with E-state index in [4.69, 9.17) is 27.1 Å². The molecular formula is C42H90CrO12P3. The molecule has 0 aromatic carbocycles. The van der Waals surface area contributed by atoms with Crippen LogP contribution in [0.15, 0.2) is 0 Å². The van der Waals surface area contributed by atoms with Gasteiger partial charge in [0.15, 0.2) is 0 Å². The van der Waals surface area contributed by atoms with Crippen molar-refractivity contribution in [1.82, 2.24) is 0 Å². The van der Waals surface area contributed by atoms with Crippen LogP contribution in [0.5, 0.6) is 0 Å². The zero-order valence-electron chi connectivity index (χ0n) is 39.1. The number of rotatable bonds is 36. The van der Waals surface area contributed by atoms with Crippen molar-refractivity contribution in [3.8, 4) is 0 Å². The molecule has 6 unspecified atom stereocenters. The van der Waals surface area contributed by atoms with Crippen LogP contribution in [0.1, 0.15) is 199 Å². The molecule has 0 heterocycles. The van der Waals surface area contributed by atoms with Gasteiger partial charge in [-0.3, -0.25) is 13.7 Å². The first kappa shape index (κ1) is 65.5. The Labute approximate surface area is 368 Å². The molecule has 0 bridgehead atoms.